The fourth-order valence-corrected chi connectivity index (χ4v) is 4.03. The van der Waals surface area contributed by atoms with Gasteiger partial charge in [-0.05, 0) is 51.4 Å². The molecule has 0 unspecified atom stereocenters. The molecule has 0 aromatic carbocycles. The Morgan fingerprint density at radius 3 is 2.80 bits per heavy atom. The van der Waals surface area contributed by atoms with Crippen molar-refractivity contribution < 1.29 is 0 Å². The fourth-order valence-electron chi connectivity index (χ4n) is 4.03. The van der Waals surface area contributed by atoms with Gasteiger partial charge in [0.15, 0.2) is 11.5 Å². The maximum atomic E-state index is 4.59. The van der Waals surface area contributed by atoms with E-state index in [4.69, 9.17) is 0 Å². The molecule has 8 nitrogen and oxygen atoms in total. The van der Waals surface area contributed by atoms with E-state index in [1.54, 1.807) is 0 Å². The maximum Gasteiger partial charge on any atom is 0.177 e. The summed E-state index contributed by atoms with van der Waals surface area (Å²) in [6.07, 6.45) is 4.43. The number of likely N-dealkylation sites (tertiary alicyclic amines) is 1. The first-order valence-electron chi connectivity index (χ1n) is 9.10. The molecule has 2 aliphatic heterocycles. The number of nitrogens with zero attached hydrogens (tertiary/aromatic N) is 8. The van der Waals surface area contributed by atoms with Crippen LogP contribution in [0.15, 0.2) is 12.1 Å². The molecule has 5 heterocycles. The highest BCUT2D eigenvalue weighted by molar-refractivity contribution is 5.36. The summed E-state index contributed by atoms with van der Waals surface area (Å²) in [7, 11) is 0. The fraction of sp³-hybridized carbons (Fsp3) is 0.588. The van der Waals surface area contributed by atoms with Crippen LogP contribution in [0.25, 0.3) is 5.65 Å². The quantitative estimate of drug-likeness (QED) is 0.717. The largest absolute Gasteiger partial charge is 0.314 e. The lowest BCUT2D eigenvalue weighted by atomic mass is 9.96. The Balaban J connectivity index is 1.28. The predicted molar refractivity (Wildman–Crippen MR) is 91.1 cm³/mol. The standard InChI is InChI=1S/C17H22N8/c1-12-4-5-15-19-21-17(25(15)22-12)13-6-9-23(10-7-13)11-16-20-18-14-3-2-8-24(14)16/h4-5,13H,2-3,6-11H2,1H3. The Kier molecular flexibility index (Phi) is 3.51. The van der Waals surface area contributed by atoms with Crippen molar-refractivity contribution in [2.24, 2.45) is 0 Å². The van der Waals surface area contributed by atoms with Crippen molar-refractivity contribution in [1.29, 1.82) is 0 Å². The lowest BCUT2D eigenvalue weighted by Crippen LogP contribution is -2.34. The zero-order chi connectivity index (χ0) is 16.8. The van der Waals surface area contributed by atoms with E-state index < -0.39 is 0 Å². The number of piperidine rings is 1. The molecule has 1 saturated heterocycles. The van der Waals surface area contributed by atoms with Gasteiger partial charge in [0, 0.05) is 18.9 Å². The van der Waals surface area contributed by atoms with Crippen LogP contribution in [0.5, 0.6) is 0 Å². The first-order valence-corrected chi connectivity index (χ1v) is 9.10. The van der Waals surface area contributed by atoms with Crippen molar-refractivity contribution in [3.05, 3.63) is 35.3 Å². The van der Waals surface area contributed by atoms with E-state index in [9.17, 15) is 0 Å². The molecule has 0 saturated carbocycles. The van der Waals surface area contributed by atoms with Crippen LogP contribution in [-0.4, -0.2) is 52.6 Å². The summed E-state index contributed by atoms with van der Waals surface area (Å²) in [5.74, 6) is 3.70. The van der Waals surface area contributed by atoms with Crippen LogP contribution in [-0.2, 0) is 19.5 Å². The highest BCUT2D eigenvalue weighted by Crippen LogP contribution is 2.27. The molecule has 0 radical (unpaired) electrons. The molecule has 0 N–H and O–H groups in total. The van der Waals surface area contributed by atoms with E-state index in [-0.39, 0.29) is 0 Å². The summed E-state index contributed by atoms with van der Waals surface area (Å²) in [6.45, 7) is 6.08. The normalized spacial score (nSPS) is 18.9. The number of aromatic nitrogens is 7. The Bertz CT molecular complexity index is 903. The van der Waals surface area contributed by atoms with Gasteiger partial charge in [-0.3, -0.25) is 4.90 Å². The van der Waals surface area contributed by atoms with Gasteiger partial charge in [-0.25, -0.2) is 0 Å². The SMILES string of the molecule is Cc1ccc2nnc(C3CCN(Cc4nnc5n4CCC5)CC3)n2n1. The Morgan fingerprint density at radius 2 is 1.92 bits per heavy atom. The zero-order valence-electron chi connectivity index (χ0n) is 14.5. The van der Waals surface area contributed by atoms with Crippen molar-refractivity contribution in [3.8, 4) is 0 Å². The van der Waals surface area contributed by atoms with Crippen LogP contribution in [0.2, 0.25) is 0 Å². The molecule has 8 heteroatoms. The molecule has 0 amide bonds. The molecule has 3 aromatic heterocycles. The molecule has 0 spiro atoms. The molecule has 0 aliphatic carbocycles. The maximum absolute atomic E-state index is 4.59. The minimum absolute atomic E-state index is 0.421. The molecule has 0 atom stereocenters. The van der Waals surface area contributed by atoms with E-state index in [1.165, 1.54) is 6.42 Å². The summed E-state index contributed by atoms with van der Waals surface area (Å²) >= 11 is 0. The second kappa shape index (κ2) is 5.87. The Hall–Kier alpha value is -2.35. The van der Waals surface area contributed by atoms with Crippen LogP contribution >= 0.6 is 0 Å². The van der Waals surface area contributed by atoms with E-state index in [2.05, 4.69) is 35.0 Å². The van der Waals surface area contributed by atoms with Crippen molar-refractivity contribution in [2.75, 3.05) is 13.1 Å². The summed E-state index contributed by atoms with van der Waals surface area (Å²) in [5, 5.41) is 22.0. The third-order valence-corrected chi connectivity index (χ3v) is 5.42. The highest BCUT2D eigenvalue weighted by Gasteiger charge is 2.27. The number of rotatable bonds is 3. The van der Waals surface area contributed by atoms with Crippen molar-refractivity contribution in [2.45, 2.75) is 51.6 Å². The summed E-state index contributed by atoms with van der Waals surface area (Å²) in [5.41, 5.74) is 1.83. The second-order valence-electron chi connectivity index (χ2n) is 7.14. The number of hydrogen-bond donors (Lipinski definition) is 0. The van der Waals surface area contributed by atoms with Crippen molar-refractivity contribution in [1.82, 2.24) is 39.5 Å². The lowest BCUT2D eigenvalue weighted by molar-refractivity contribution is 0.194. The molecule has 130 valence electrons. The predicted octanol–water partition coefficient (Wildman–Crippen LogP) is 1.35. The Morgan fingerprint density at radius 1 is 1.04 bits per heavy atom. The molecule has 2 aliphatic rings. The average Bonchev–Trinajstić information content (AvgIpc) is 3.32. The Labute approximate surface area is 145 Å². The van der Waals surface area contributed by atoms with Gasteiger partial charge in [-0.1, -0.05) is 0 Å². The summed E-state index contributed by atoms with van der Waals surface area (Å²) < 4.78 is 4.21. The van der Waals surface area contributed by atoms with E-state index >= 15 is 0 Å². The molecule has 1 fully saturated rings. The van der Waals surface area contributed by atoms with Gasteiger partial charge in [0.1, 0.15) is 11.6 Å². The van der Waals surface area contributed by atoms with E-state index in [1.807, 2.05) is 23.6 Å². The molecule has 25 heavy (non-hydrogen) atoms. The van der Waals surface area contributed by atoms with E-state index in [0.717, 1.165) is 74.3 Å². The van der Waals surface area contributed by atoms with Crippen LogP contribution in [0.3, 0.4) is 0 Å². The summed E-state index contributed by atoms with van der Waals surface area (Å²) in [6, 6.07) is 3.97. The lowest BCUT2D eigenvalue weighted by Gasteiger charge is -2.30. The first-order chi connectivity index (χ1) is 12.3. The van der Waals surface area contributed by atoms with Crippen molar-refractivity contribution in [3.63, 3.8) is 0 Å². The monoisotopic (exact) mass is 338 g/mol. The minimum Gasteiger partial charge on any atom is -0.314 e. The van der Waals surface area contributed by atoms with Gasteiger partial charge in [0.05, 0.1) is 12.2 Å². The third kappa shape index (κ3) is 2.60. The molecular weight excluding hydrogens is 316 g/mol. The van der Waals surface area contributed by atoms with Crippen LogP contribution < -0.4 is 0 Å². The van der Waals surface area contributed by atoms with Gasteiger partial charge >= 0.3 is 0 Å². The van der Waals surface area contributed by atoms with Gasteiger partial charge in [0.2, 0.25) is 0 Å². The smallest absolute Gasteiger partial charge is 0.177 e. The van der Waals surface area contributed by atoms with Gasteiger partial charge in [0.25, 0.3) is 0 Å². The third-order valence-electron chi connectivity index (χ3n) is 5.42. The van der Waals surface area contributed by atoms with Crippen LogP contribution in [0, 0.1) is 6.92 Å². The number of aryl methyl sites for hydroxylation is 2. The zero-order valence-corrected chi connectivity index (χ0v) is 14.5. The highest BCUT2D eigenvalue weighted by atomic mass is 15.4. The summed E-state index contributed by atoms with van der Waals surface area (Å²) in [4.78, 5) is 2.48. The molecular formula is C17H22N8. The topological polar surface area (TPSA) is 77.0 Å². The van der Waals surface area contributed by atoms with Crippen molar-refractivity contribution >= 4 is 5.65 Å². The number of fused-ring (bicyclic) bond motifs is 2. The number of hydrogen-bond acceptors (Lipinski definition) is 6. The second-order valence-corrected chi connectivity index (χ2v) is 7.14. The van der Waals surface area contributed by atoms with E-state index in [0.29, 0.717) is 5.92 Å². The minimum atomic E-state index is 0.421. The molecule has 5 rings (SSSR count). The average molecular weight is 338 g/mol. The molecule has 3 aromatic rings. The van der Waals surface area contributed by atoms with Crippen LogP contribution in [0.4, 0.5) is 0 Å². The van der Waals surface area contributed by atoms with Gasteiger partial charge in [-0.2, -0.15) is 9.61 Å². The van der Waals surface area contributed by atoms with Gasteiger partial charge < -0.3 is 4.57 Å². The van der Waals surface area contributed by atoms with Crippen LogP contribution in [0.1, 0.15) is 48.3 Å². The van der Waals surface area contributed by atoms with Gasteiger partial charge in [-0.15, -0.1) is 20.4 Å². The first kappa shape index (κ1) is 14.9. The molecule has 0 bridgehead atoms.